The number of rotatable bonds is 2. The zero-order valence-electron chi connectivity index (χ0n) is 13.5. The quantitative estimate of drug-likeness (QED) is 0.885. The SMILES string of the molecule is O=C(Nc1ccc2c(c1)C(=O)N1CCCC1C(=O)N2)c1ccccc1. The van der Waals surface area contributed by atoms with Crippen LogP contribution in [0.5, 0.6) is 0 Å². The van der Waals surface area contributed by atoms with Crippen LogP contribution in [0.15, 0.2) is 48.5 Å². The van der Waals surface area contributed by atoms with Crippen LogP contribution in [-0.2, 0) is 4.79 Å². The van der Waals surface area contributed by atoms with Crippen molar-refractivity contribution in [3.8, 4) is 0 Å². The van der Waals surface area contributed by atoms with Crippen LogP contribution in [0, 0.1) is 0 Å². The van der Waals surface area contributed by atoms with Crippen LogP contribution in [0.3, 0.4) is 0 Å². The van der Waals surface area contributed by atoms with Crippen LogP contribution < -0.4 is 10.6 Å². The molecule has 2 aromatic rings. The number of carbonyl (C=O) groups excluding carboxylic acids is 3. The molecule has 1 saturated heterocycles. The molecule has 0 radical (unpaired) electrons. The molecule has 1 atom stereocenters. The van der Waals surface area contributed by atoms with Crippen molar-refractivity contribution in [2.24, 2.45) is 0 Å². The van der Waals surface area contributed by atoms with Crippen molar-refractivity contribution in [3.63, 3.8) is 0 Å². The van der Waals surface area contributed by atoms with E-state index in [2.05, 4.69) is 10.6 Å². The van der Waals surface area contributed by atoms with Crippen molar-refractivity contribution < 1.29 is 14.4 Å². The molecule has 0 saturated carbocycles. The standard InChI is InChI=1S/C19H17N3O3/c23-17(12-5-2-1-3-6-12)20-13-8-9-15-14(11-13)19(25)22-10-4-7-16(22)18(24)21-15/h1-3,5-6,8-9,11,16H,4,7,10H2,(H,20,23)(H,21,24). The lowest BCUT2D eigenvalue weighted by molar-refractivity contribution is -0.119. The summed E-state index contributed by atoms with van der Waals surface area (Å²) in [6, 6.07) is 13.4. The molecule has 25 heavy (non-hydrogen) atoms. The lowest BCUT2D eigenvalue weighted by atomic mass is 10.1. The minimum Gasteiger partial charge on any atom is -0.327 e. The fourth-order valence-electron chi connectivity index (χ4n) is 3.35. The highest BCUT2D eigenvalue weighted by atomic mass is 16.2. The first-order chi connectivity index (χ1) is 12.1. The maximum atomic E-state index is 12.8. The number of amides is 3. The van der Waals surface area contributed by atoms with Gasteiger partial charge in [-0.15, -0.1) is 0 Å². The molecule has 2 aliphatic heterocycles. The fraction of sp³-hybridized carbons (Fsp3) is 0.211. The highest BCUT2D eigenvalue weighted by Gasteiger charge is 2.38. The molecule has 2 aliphatic rings. The van der Waals surface area contributed by atoms with Crippen molar-refractivity contribution in [2.75, 3.05) is 17.2 Å². The third-order valence-electron chi connectivity index (χ3n) is 4.62. The number of carbonyl (C=O) groups is 3. The van der Waals surface area contributed by atoms with Crippen LogP contribution in [0.1, 0.15) is 33.6 Å². The van der Waals surface area contributed by atoms with E-state index in [-0.39, 0.29) is 17.7 Å². The number of hydrogen-bond donors (Lipinski definition) is 2. The highest BCUT2D eigenvalue weighted by Crippen LogP contribution is 2.30. The predicted octanol–water partition coefficient (Wildman–Crippen LogP) is 2.50. The molecule has 0 aliphatic carbocycles. The van der Waals surface area contributed by atoms with Gasteiger partial charge in [0.2, 0.25) is 5.91 Å². The molecule has 0 spiro atoms. The highest BCUT2D eigenvalue weighted by molar-refractivity contribution is 6.11. The van der Waals surface area contributed by atoms with Gasteiger partial charge in [0.25, 0.3) is 11.8 Å². The summed E-state index contributed by atoms with van der Waals surface area (Å²) in [6.07, 6.45) is 1.51. The van der Waals surface area contributed by atoms with Crippen molar-refractivity contribution in [2.45, 2.75) is 18.9 Å². The van der Waals surface area contributed by atoms with E-state index < -0.39 is 6.04 Å². The summed E-state index contributed by atoms with van der Waals surface area (Å²) in [5.41, 5.74) is 1.95. The zero-order valence-corrected chi connectivity index (χ0v) is 13.5. The molecular formula is C19H17N3O3. The Balaban J connectivity index is 1.64. The van der Waals surface area contributed by atoms with Crippen molar-refractivity contribution in [3.05, 3.63) is 59.7 Å². The van der Waals surface area contributed by atoms with E-state index in [4.69, 9.17) is 0 Å². The van der Waals surface area contributed by atoms with Crippen molar-refractivity contribution in [1.29, 1.82) is 0 Å². The summed E-state index contributed by atoms with van der Waals surface area (Å²) < 4.78 is 0. The summed E-state index contributed by atoms with van der Waals surface area (Å²) in [5.74, 6) is -0.568. The Morgan fingerprint density at radius 2 is 1.92 bits per heavy atom. The average Bonchev–Trinajstić information content (AvgIpc) is 3.09. The lowest BCUT2D eigenvalue weighted by Gasteiger charge is -2.20. The summed E-state index contributed by atoms with van der Waals surface area (Å²) in [6.45, 7) is 0.580. The van der Waals surface area contributed by atoms with Crippen molar-refractivity contribution in [1.82, 2.24) is 4.90 Å². The van der Waals surface area contributed by atoms with Gasteiger partial charge >= 0.3 is 0 Å². The molecule has 2 aromatic carbocycles. The Kier molecular flexibility index (Phi) is 3.72. The number of fused-ring (bicyclic) bond motifs is 2. The smallest absolute Gasteiger partial charge is 0.256 e. The first-order valence-electron chi connectivity index (χ1n) is 8.26. The van der Waals surface area contributed by atoms with Crippen LogP contribution in [0.25, 0.3) is 0 Å². The van der Waals surface area contributed by atoms with Gasteiger partial charge < -0.3 is 15.5 Å². The topological polar surface area (TPSA) is 78.5 Å². The van der Waals surface area contributed by atoms with Crippen LogP contribution >= 0.6 is 0 Å². The van der Waals surface area contributed by atoms with Gasteiger partial charge in [0, 0.05) is 17.8 Å². The van der Waals surface area contributed by atoms with E-state index in [0.717, 1.165) is 6.42 Å². The van der Waals surface area contributed by atoms with E-state index in [9.17, 15) is 14.4 Å². The number of nitrogens with zero attached hydrogens (tertiary/aromatic N) is 1. The Labute approximate surface area is 144 Å². The molecule has 0 aromatic heterocycles. The maximum absolute atomic E-state index is 12.8. The Bertz CT molecular complexity index is 863. The van der Waals surface area contributed by atoms with Gasteiger partial charge in [-0.3, -0.25) is 14.4 Å². The van der Waals surface area contributed by atoms with Gasteiger partial charge in [-0.25, -0.2) is 0 Å². The second kappa shape index (κ2) is 6.05. The monoisotopic (exact) mass is 335 g/mol. The van der Waals surface area contributed by atoms with Gasteiger partial charge in [-0.05, 0) is 43.2 Å². The Hall–Kier alpha value is -3.15. The normalized spacial score (nSPS) is 18.9. The number of nitrogens with one attached hydrogen (secondary N) is 2. The number of benzene rings is 2. The van der Waals surface area contributed by atoms with E-state index in [1.54, 1.807) is 47.4 Å². The van der Waals surface area contributed by atoms with E-state index >= 15 is 0 Å². The molecule has 126 valence electrons. The lowest BCUT2D eigenvalue weighted by Crippen LogP contribution is -2.40. The Morgan fingerprint density at radius 3 is 2.72 bits per heavy atom. The van der Waals surface area contributed by atoms with Gasteiger partial charge in [0.1, 0.15) is 6.04 Å². The summed E-state index contributed by atoms with van der Waals surface area (Å²) in [5, 5.41) is 5.62. The first kappa shape index (κ1) is 15.4. The summed E-state index contributed by atoms with van der Waals surface area (Å²) >= 11 is 0. The molecular weight excluding hydrogens is 318 g/mol. The van der Waals surface area contributed by atoms with E-state index in [1.807, 2.05) is 6.07 Å². The molecule has 3 amide bonds. The van der Waals surface area contributed by atoms with E-state index in [0.29, 0.717) is 35.5 Å². The molecule has 6 nitrogen and oxygen atoms in total. The van der Waals surface area contributed by atoms with E-state index in [1.165, 1.54) is 0 Å². The molecule has 4 rings (SSSR count). The number of anilines is 2. The van der Waals surface area contributed by atoms with Crippen LogP contribution in [0.2, 0.25) is 0 Å². The summed E-state index contributed by atoms with van der Waals surface area (Å²) in [4.78, 5) is 39.0. The predicted molar refractivity (Wildman–Crippen MR) is 93.5 cm³/mol. The van der Waals surface area contributed by atoms with Crippen LogP contribution in [-0.4, -0.2) is 35.2 Å². The molecule has 0 bridgehead atoms. The van der Waals surface area contributed by atoms with Gasteiger partial charge in [0.05, 0.1) is 11.3 Å². The van der Waals surface area contributed by atoms with Gasteiger partial charge in [-0.1, -0.05) is 18.2 Å². The molecule has 6 heteroatoms. The van der Waals surface area contributed by atoms with Gasteiger partial charge in [0.15, 0.2) is 0 Å². The molecule has 1 fully saturated rings. The largest absolute Gasteiger partial charge is 0.327 e. The zero-order chi connectivity index (χ0) is 17.4. The Morgan fingerprint density at radius 1 is 1.12 bits per heavy atom. The minimum absolute atomic E-state index is 0.148. The first-order valence-corrected chi connectivity index (χ1v) is 8.26. The molecule has 1 unspecified atom stereocenters. The third-order valence-corrected chi connectivity index (χ3v) is 4.62. The third kappa shape index (κ3) is 2.76. The van der Waals surface area contributed by atoms with Crippen molar-refractivity contribution >= 4 is 29.1 Å². The molecule has 2 heterocycles. The maximum Gasteiger partial charge on any atom is 0.256 e. The van der Waals surface area contributed by atoms with Crippen LogP contribution in [0.4, 0.5) is 11.4 Å². The summed E-state index contributed by atoms with van der Waals surface area (Å²) in [7, 11) is 0. The number of hydrogen-bond acceptors (Lipinski definition) is 3. The second-order valence-electron chi connectivity index (χ2n) is 6.23. The van der Waals surface area contributed by atoms with Gasteiger partial charge in [-0.2, -0.15) is 0 Å². The minimum atomic E-state index is -0.401. The second-order valence-corrected chi connectivity index (χ2v) is 6.23. The molecule has 2 N–H and O–H groups in total. The average molecular weight is 335 g/mol. The fourth-order valence-corrected chi connectivity index (χ4v) is 3.35.